The third-order valence-electron chi connectivity index (χ3n) is 6.73. The number of imide groups is 1. The lowest BCUT2D eigenvalue weighted by Crippen LogP contribution is -2.58. The molecule has 2 aromatic rings. The number of hydrogen-bond acceptors (Lipinski definition) is 4. The van der Waals surface area contributed by atoms with Crippen LogP contribution >= 0.6 is 11.6 Å². The van der Waals surface area contributed by atoms with Gasteiger partial charge in [0, 0.05) is 31.0 Å². The van der Waals surface area contributed by atoms with Gasteiger partial charge in [-0.3, -0.25) is 14.9 Å². The van der Waals surface area contributed by atoms with Crippen LogP contribution in [0.1, 0.15) is 30.4 Å². The van der Waals surface area contributed by atoms with E-state index < -0.39 is 11.6 Å². The highest BCUT2D eigenvalue weighted by molar-refractivity contribution is 6.31. The highest BCUT2D eigenvalue weighted by Gasteiger charge is 2.52. The van der Waals surface area contributed by atoms with Gasteiger partial charge >= 0.3 is 6.03 Å². The van der Waals surface area contributed by atoms with Crippen LogP contribution in [-0.2, 0) is 22.4 Å². The van der Waals surface area contributed by atoms with Gasteiger partial charge in [-0.1, -0.05) is 41.9 Å². The van der Waals surface area contributed by atoms with Crippen molar-refractivity contribution < 1.29 is 19.1 Å². The summed E-state index contributed by atoms with van der Waals surface area (Å²) in [7, 11) is 1.63. The second-order valence-corrected chi connectivity index (χ2v) is 9.06. The molecule has 7 nitrogen and oxygen atoms in total. The van der Waals surface area contributed by atoms with Crippen molar-refractivity contribution in [2.24, 2.45) is 5.92 Å². The van der Waals surface area contributed by atoms with Gasteiger partial charge < -0.3 is 15.0 Å². The molecule has 0 aliphatic carbocycles. The molecule has 0 aromatic heterocycles. The Labute approximate surface area is 198 Å². The molecule has 4 amide bonds. The highest BCUT2D eigenvalue weighted by atomic mass is 35.5. The largest absolute Gasteiger partial charge is 0.497 e. The number of likely N-dealkylation sites (tertiary alicyclic amines) is 1. The van der Waals surface area contributed by atoms with E-state index in [1.165, 1.54) is 0 Å². The van der Waals surface area contributed by atoms with Crippen LogP contribution in [0, 0.1) is 5.92 Å². The van der Waals surface area contributed by atoms with Crippen LogP contribution in [0.25, 0.3) is 0 Å². The number of carbonyl (C=O) groups is 3. The van der Waals surface area contributed by atoms with E-state index in [2.05, 4.69) is 10.6 Å². The molecule has 33 heavy (non-hydrogen) atoms. The van der Waals surface area contributed by atoms with E-state index in [1.54, 1.807) is 13.2 Å². The molecule has 2 aliphatic rings. The van der Waals surface area contributed by atoms with Crippen molar-refractivity contribution >= 4 is 29.4 Å². The summed E-state index contributed by atoms with van der Waals surface area (Å²) in [5.41, 5.74) is 0.845. The average molecular weight is 470 g/mol. The summed E-state index contributed by atoms with van der Waals surface area (Å²) in [6.07, 6.45) is 2.68. The van der Waals surface area contributed by atoms with Crippen molar-refractivity contribution in [2.45, 2.75) is 37.6 Å². The van der Waals surface area contributed by atoms with E-state index in [1.807, 2.05) is 47.4 Å². The van der Waals surface area contributed by atoms with Crippen molar-refractivity contribution in [2.75, 3.05) is 20.2 Å². The molecule has 1 unspecified atom stereocenters. The zero-order chi connectivity index (χ0) is 23.4. The molecule has 8 heteroatoms. The van der Waals surface area contributed by atoms with Gasteiger partial charge in [0.2, 0.25) is 5.91 Å². The van der Waals surface area contributed by atoms with Crippen LogP contribution in [0.2, 0.25) is 5.02 Å². The number of urea groups is 1. The van der Waals surface area contributed by atoms with Crippen LogP contribution in [0.5, 0.6) is 5.75 Å². The Bertz CT molecular complexity index is 1030. The predicted molar refractivity (Wildman–Crippen MR) is 125 cm³/mol. The molecule has 4 rings (SSSR count). The number of carbonyl (C=O) groups excluding carboxylic acids is 3. The Morgan fingerprint density at radius 3 is 2.42 bits per heavy atom. The summed E-state index contributed by atoms with van der Waals surface area (Å²) in [6, 6.07) is 14.6. The van der Waals surface area contributed by atoms with Gasteiger partial charge in [0.15, 0.2) is 0 Å². The smallest absolute Gasteiger partial charge is 0.322 e. The van der Waals surface area contributed by atoms with Crippen molar-refractivity contribution in [3.05, 3.63) is 64.7 Å². The number of benzene rings is 2. The quantitative estimate of drug-likeness (QED) is 0.609. The van der Waals surface area contributed by atoms with E-state index in [9.17, 15) is 14.4 Å². The molecule has 2 heterocycles. The van der Waals surface area contributed by atoms with Gasteiger partial charge in [0.1, 0.15) is 11.3 Å². The summed E-state index contributed by atoms with van der Waals surface area (Å²) >= 11 is 6.35. The van der Waals surface area contributed by atoms with E-state index in [-0.39, 0.29) is 17.7 Å². The molecule has 2 fully saturated rings. The minimum atomic E-state index is -1.06. The maximum absolute atomic E-state index is 12.9. The predicted octanol–water partition coefficient (Wildman–Crippen LogP) is 3.34. The van der Waals surface area contributed by atoms with Crippen LogP contribution in [0.4, 0.5) is 4.79 Å². The molecule has 2 aliphatic heterocycles. The van der Waals surface area contributed by atoms with Gasteiger partial charge in [0.05, 0.1) is 7.11 Å². The summed E-state index contributed by atoms with van der Waals surface area (Å²) in [5, 5.41) is 5.86. The van der Waals surface area contributed by atoms with Gasteiger partial charge in [0.25, 0.3) is 5.91 Å². The Kier molecular flexibility index (Phi) is 6.88. The minimum Gasteiger partial charge on any atom is -0.497 e. The third kappa shape index (κ3) is 4.98. The number of halogens is 1. The van der Waals surface area contributed by atoms with Crippen LogP contribution in [0.3, 0.4) is 0 Å². The van der Waals surface area contributed by atoms with E-state index in [0.29, 0.717) is 50.2 Å². The molecule has 0 saturated carbocycles. The highest BCUT2D eigenvalue weighted by Crippen LogP contribution is 2.35. The molecule has 0 bridgehead atoms. The SMILES string of the molecule is COc1ccc(CCC(=O)N2CCC(C3(Cc4ccccc4Cl)NC(=O)NC3=O)CC2)cc1. The number of hydrogen-bond donors (Lipinski definition) is 2. The summed E-state index contributed by atoms with van der Waals surface area (Å²) < 4.78 is 5.17. The lowest BCUT2D eigenvalue weighted by molar-refractivity contribution is -0.133. The van der Waals surface area contributed by atoms with Crippen LogP contribution in [-0.4, -0.2) is 48.5 Å². The standard InChI is InChI=1S/C25H28ClN3O4/c1-33-20-9-6-17(7-10-20)8-11-22(30)29-14-12-19(13-15-29)25(23(31)27-24(32)28-25)16-18-4-2-3-5-21(18)26/h2-7,9-10,19H,8,11-16H2,1H3,(H2,27,28,31,32). The van der Waals surface area contributed by atoms with Gasteiger partial charge in [-0.25, -0.2) is 4.79 Å². The molecule has 1 atom stereocenters. The van der Waals surface area contributed by atoms with Gasteiger partial charge in [-0.05, 0) is 54.5 Å². The lowest BCUT2D eigenvalue weighted by atomic mass is 9.74. The topological polar surface area (TPSA) is 87.7 Å². The zero-order valence-corrected chi connectivity index (χ0v) is 19.4. The average Bonchev–Trinajstić information content (AvgIpc) is 3.12. The Balaban J connectivity index is 1.39. The molecule has 0 spiro atoms. The molecule has 174 valence electrons. The summed E-state index contributed by atoms with van der Waals surface area (Å²) in [5.74, 6) is 0.479. The van der Waals surface area contributed by atoms with E-state index >= 15 is 0 Å². The van der Waals surface area contributed by atoms with Crippen molar-refractivity contribution in [3.63, 3.8) is 0 Å². The van der Waals surface area contributed by atoms with Crippen molar-refractivity contribution in [1.82, 2.24) is 15.5 Å². The molecule has 2 N–H and O–H groups in total. The van der Waals surface area contributed by atoms with Crippen LogP contribution < -0.4 is 15.4 Å². The fourth-order valence-electron chi connectivity index (χ4n) is 4.83. The molecule has 0 radical (unpaired) electrons. The van der Waals surface area contributed by atoms with E-state index in [0.717, 1.165) is 16.9 Å². The van der Waals surface area contributed by atoms with Gasteiger partial charge in [-0.2, -0.15) is 0 Å². The second-order valence-electron chi connectivity index (χ2n) is 8.65. The number of aryl methyl sites for hydroxylation is 1. The maximum Gasteiger partial charge on any atom is 0.322 e. The summed E-state index contributed by atoms with van der Waals surface area (Å²) in [6.45, 7) is 1.11. The maximum atomic E-state index is 12.9. The normalized spacial score (nSPS) is 21.0. The number of amides is 4. The Morgan fingerprint density at radius 1 is 1.12 bits per heavy atom. The number of rotatable bonds is 7. The van der Waals surface area contributed by atoms with Crippen molar-refractivity contribution in [1.29, 1.82) is 0 Å². The lowest BCUT2D eigenvalue weighted by Gasteiger charge is -2.41. The Hall–Kier alpha value is -3.06. The molecule has 2 aromatic carbocycles. The first-order valence-corrected chi connectivity index (χ1v) is 11.6. The first-order valence-electron chi connectivity index (χ1n) is 11.2. The fraction of sp³-hybridized carbons (Fsp3) is 0.400. The minimum absolute atomic E-state index is 0.0918. The monoisotopic (exact) mass is 469 g/mol. The number of ether oxygens (including phenoxy) is 1. The Morgan fingerprint density at radius 2 is 1.82 bits per heavy atom. The third-order valence-corrected chi connectivity index (χ3v) is 7.10. The fourth-order valence-corrected chi connectivity index (χ4v) is 5.03. The molecule has 2 saturated heterocycles. The van der Waals surface area contributed by atoms with Gasteiger partial charge in [-0.15, -0.1) is 0 Å². The second kappa shape index (κ2) is 9.83. The first-order chi connectivity index (χ1) is 15.9. The number of nitrogens with one attached hydrogen (secondary N) is 2. The number of piperidine rings is 1. The number of nitrogens with zero attached hydrogens (tertiary/aromatic N) is 1. The first kappa shape index (κ1) is 23.1. The van der Waals surface area contributed by atoms with E-state index in [4.69, 9.17) is 16.3 Å². The number of methoxy groups -OCH3 is 1. The molecular weight excluding hydrogens is 442 g/mol. The van der Waals surface area contributed by atoms with Crippen LogP contribution in [0.15, 0.2) is 48.5 Å². The molecular formula is C25H28ClN3O4. The zero-order valence-electron chi connectivity index (χ0n) is 18.6. The van der Waals surface area contributed by atoms with Crippen molar-refractivity contribution in [3.8, 4) is 5.75 Å². The summed E-state index contributed by atoms with van der Waals surface area (Å²) in [4.78, 5) is 39.6.